The molecule has 108 valence electrons. The zero-order valence-electron chi connectivity index (χ0n) is 12.0. The average Bonchev–Trinajstić information content (AvgIpc) is 2.61. The van der Waals surface area contributed by atoms with Gasteiger partial charge in [0, 0.05) is 20.1 Å². The molecule has 2 amide bonds. The number of amides is 2. The van der Waals surface area contributed by atoms with Crippen molar-refractivity contribution in [1.82, 2.24) is 4.90 Å². The van der Waals surface area contributed by atoms with Crippen molar-refractivity contribution < 1.29 is 19.4 Å². The maximum absolute atomic E-state index is 12.3. The standard InChI is InChI=1S/C15H19NO4/c1-10-4-5-11-12(8-10)14(18)16(13(11)17)9-15(2,19)6-7-20-3/h4-5,8,19H,6-7,9H2,1-3H3. The molecule has 1 heterocycles. The van der Waals surface area contributed by atoms with Crippen molar-refractivity contribution in [2.24, 2.45) is 0 Å². The number of aryl methyl sites for hydroxylation is 1. The Morgan fingerprint density at radius 3 is 2.55 bits per heavy atom. The van der Waals surface area contributed by atoms with Crippen LogP contribution in [0.4, 0.5) is 0 Å². The van der Waals surface area contributed by atoms with Crippen molar-refractivity contribution in [1.29, 1.82) is 0 Å². The molecule has 20 heavy (non-hydrogen) atoms. The first-order valence-corrected chi connectivity index (χ1v) is 6.54. The number of methoxy groups -OCH3 is 1. The topological polar surface area (TPSA) is 66.8 Å². The molecule has 0 aliphatic carbocycles. The number of hydrogen-bond donors (Lipinski definition) is 1. The summed E-state index contributed by atoms with van der Waals surface area (Å²) in [6.07, 6.45) is 0.357. The number of imide groups is 1. The molecule has 1 aromatic rings. The molecule has 0 aromatic heterocycles. The van der Waals surface area contributed by atoms with Crippen LogP contribution < -0.4 is 0 Å². The van der Waals surface area contributed by atoms with E-state index in [2.05, 4.69) is 0 Å². The molecule has 1 N–H and O–H groups in total. The third-order valence-electron chi connectivity index (χ3n) is 3.47. The zero-order chi connectivity index (χ0) is 14.9. The molecule has 0 saturated carbocycles. The summed E-state index contributed by atoms with van der Waals surface area (Å²) in [5.41, 5.74) is 0.594. The van der Waals surface area contributed by atoms with Crippen LogP contribution >= 0.6 is 0 Å². The molecule has 5 heteroatoms. The molecule has 0 spiro atoms. The highest BCUT2D eigenvalue weighted by Gasteiger charge is 2.39. The molecule has 1 aliphatic rings. The minimum atomic E-state index is -1.15. The number of fused-ring (bicyclic) bond motifs is 1. The first-order valence-electron chi connectivity index (χ1n) is 6.54. The maximum Gasteiger partial charge on any atom is 0.261 e. The zero-order valence-corrected chi connectivity index (χ0v) is 12.0. The minimum Gasteiger partial charge on any atom is -0.388 e. The Morgan fingerprint density at radius 2 is 1.90 bits per heavy atom. The van der Waals surface area contributed by atoms with Crippen LogP contribution in [0, 0.1) is 6.92 Å². The molecule has 0 saturated heterocycles. The van der Waals surface area contributed by atoms with E-state index in [1.54, 1.807) is 32.2 Å². The number of benzene rings is 1. The van der Waals surface area contributed by atoms with Crippen LogP contribution in [0.25, 0.3) is 0 Å². The third-order valence-corrected chi connectivity index (χ3v) is 3.47. The average molecular weight is 277 g/mol. The minimum absolute atomic E-state index is 0.0260. The predicted octanol–water partition coefficient (Wildman–Crippen LogP) is 1.38. The largest absolute Gasteiger partial charge is 0.388 e. The Morgan fingerprint density at radius 1 is 1.25 bits per heavy atom. The first-order chi connectivity index (χ1) is 9.35. The van der Waals surface area contributed by atoms with E-state index >= 15 is 0 Å². The number of carbonyl (C=O) groups excluding carboxylic acids is 2. The monoisotopic (exact) mass is 277 g/mol. The molecular formula is C15H19NO4. The van der Waals surface area contributed by atoms with Crippen LogP contribution in [0.3, 0.4) is 0 Å². The summed E-state index contributed by atoms with van der Waals surface area (Å²) in [5, 5.41) is 10.2. The number of hydrogen-bond acceptors (Lipinski definition) is 4. The van der Waals surface area contributed by atoms with E-state index < -0.39 is 5.60 Å². The second kappa shape index (κ2) is 5.34. The van der Waals surface area contributed by atoms with E-state index in [0.29, 0.717) is 24.2 Å². The molecule has 1 unspecified atom stereocenters. The third kappa shape index (κ3) is 2.73. The quantitative estimate of drug-likeness (QED) is 0.826. The van der Waals surface area contributed by atoms with Gasteiger partial charge >= 0.3 is 0 Å². The lowest BCUT2D eigenvalue weighted by atomic mass is 10.0. The molecule has 0 radical (unpaired) electrons. The van der Waals surface area contributed by atoms with Gasteiger partial charge in [-0.05, 0) is 26.0 Å². The van der Waals surface area contributed by atoms with Crippen LogP contribution in [0.15, 0.2) is 18.2 Å². The number of aliphatic hydroxyl groups is 1. The van der Waals surface area contributed by atoms with Crippen molar-refractivity contribution in [3.8, 4) is 0 Å². The Bertz CT molecular complexity index is 551. The SMILES string of the molecule is COCCC(C)(O)CN1C(=O)c2ccc(C)cc2C1=O. The van der Waals surface area contributed by atoms with Gasteiger partial charge in [-0.1, -0.05) is 11.6 Å². The molecule has 1 aliphatic heterocycles. The number of rotatable bonds is 5. The van der Waals surface area contributed by atoms with Crippen LogP contribution in [-0.2, 0) is 4.74 Å². The Labute approximate surface area is 118 Å². The summed E-state index contributed by atoms with van der Waals surface area (Å²) in [7, 11) is 1.54. The Balaban J connectivity index is 2.20. The summed E-state index contributed by atoms with van der Waals surface area (Å²) in [6.45, 7) is 3.81. The van der Waals surface area contributed by atoms with Gasteiger partial charge in [-0.25, -0.2) is 0 Å². The lowest BCUT2D eigenvalue weighted by Gasteiger charge is -2.27. The summed E-state index contributed by atoms with van der Waals surface area (Å²) < 4.78 is 4.93. The van der Waals surface area contributed by atoms with Crippen LogP contribution in [-0.4, -0.2) is 47.7 Å². The highest BCUT2D eigenvalue weighted by molar-refractivity contribution is 6.21. The fourth-order valence-corrected chi connectivity index (χ4v) is 2.29. The molecule has 5 nitrogen and oxygen atoms in total. The predicted molar refractivity (Wildman–Crippen MR) is 73.7 cm³/mol. The van der Waals surface area contributed by atoms with E-state index in [-0.39, 0.29) is 18.4 Å². The molecular weight excluding hydrogens is 258 g/mol. The van der Waals surface area contributed by atoms with Crippen LogP contribution in [0.5, 0.6) is 0 Å². The molecule has 0 fully saturated rings. The van der Waals surface area contributed by atoms with Gasteiger partial charge in [0.1, 0.15) is 0 Å². The lowest BCUT2D eigenvalue weighted by molar-refractivity contribution is -0.000289. The van der Waals surface area contributed by atoms with E-state index in [9.17, 15) is 14.7 Å². The summed E-state index contributed by atoms with van der Waals surface area (Å²) >= 11 is 0. The molecule has 1 aromatic carbocycles. The van der Waals surface area contributed by atoms with Gasteiger partial charge < -0.3 is 9.84 Å². The van der Waals surface area contributed by atoms with Crippen molar-refractivity contribution in [3.05, 3.63) is 34.9 Å². The highest BCUT2D eigenvalue weighted by atomic mass is 16.5. The van der Waals surface area contributed by atoms with Gasteiger partial charge in [0.15, 0.2) is 0 Å². The van der Waals surface area contributed by atoms with Gasteiger partial charge in [0.05, 0.1) is 23.3 Å². The van der Waals surface area contributed by atoms with Gasteiger partial charge in [0.25, 0.3) is 11.8 Å². The van der Waals surface area contributed by atoms with Crippen molar-refractivity contribution in [3.63, 3.8) is 0 Å². The van der Waals surface area contributed by atoms with Crippen molar-refractivity contribution in [2.45, 2.75) is 25.9 Å². The smallest absolute Gasteiger partial charge is 0.261 e. The number of β-amino-alcohol motifs (C(OH)–C–C–N with tert-alkyl or cyclic N) is 1. The van der Waals surface area contributed by atoms with Gasteiger partial charge in [-0.2, -0.15) is 0 Å². The van der Waals surface area contributed by atoms with Crippen LogP contribution in [0.2, 0.25) is 0 Å². The van der Waals surface area contributed by atoms with Gasteiger partial charge in [-0.15, -0.1) is 0 Å². The second-order valence-electron chi connectivity index (χ2n) is 5.49. The van der Waals surface area contributed by atoms with Crippen molar-refractivity contribution in [2.75, 3.05) is 20.3 Å². The van der Waals surface area contributed by atoms with E-state index in [4.69, 9.17) is 4.74 Å². The van der Waals surface area contributed by atoms with E-state index in [1.807, 2.05) is 6.92 Å². The Hall–Kier alpha value is -1.72. The molecule has 0 bridgehead atoms. The van der Waals surface area contributed by atoms with E-state index in [0.717, 1.165) is 10.5 Å². The second-order valence-corrected chi connectivity index (χ2v) is 5.49. The fraction of sp³-hybridized carbons (Fsp3) is 0.467. The number of nitrogens with zero attached hydrogens (tertiary/aromatic N) is 1. The normalized spacial score (nSPS) is 17.3. The molecule has 1 atom stereocenters. The van der Waals surface area contributed by atoms with E-state index in [1.165, 1.54) is 0 Å². The summed E-state index contributed by atoms with van der Waals surface area (Å²) in [5.74, 6) is -0.686. The highest BCUT2D eigenvalue weighted by Crippen LogP contribution is 2.26. The number of carbonyl (C=O) groups is 2. The fourth-order valence-electron chi connectivity index (χ4n) is 2.29. The number of ether oxygens (including phenoxy) is 1. The van der Waals surface area contributed by atoms with Crippen LogP contribution in [0.1, 0.15) is 39.6 Å². The van der Waals surface area contributed by atoms with Gasteiger partial charge in [-0.3, -0.25) is 14.5 Å². The first kappa shape index (κ1) is 14.7. The van der Waals surface area contributed by atoms with Gasteiger partial charge in [0.2, 0.25) is 0 Å². The molecule has 2 rings (SSSR count). The lowest BCUT2D eigenvalue weighted by Crippen LogP contribution is -2.44. The van der Waals surface area contributed by atoms with Crippen molar-refractivity contribution >= 4 is 11.8 Å². The summed E-state index contributed by atoms with van der Waals surface area (Å²) in [6, 6.07) is 5.17. The maximum atomic E-state index is 12.3. The summed E-state index contributed by atoms with van der Waals surface area (Å²) in [4.78, 5) is 25.6. The Kier molecular flexibility index (Phi) is 3.92.